The van der Waals surface area contributed by atoms with Crippen LogP contribution in [0.2, 0.25) is 0 Å². The number of ether oxygens (including phenoxy) is 1. The van der Waals surface area contributed by atoms with E-state index in [1.165, 1.54) is 45.4 Å². The maximum atomic E-state index is 5.66. The SMILES string of the molecule is CN1CCC(C2(C3CCN(CCN)CC3)COC2)C1. The molecule has 3 fully saturated rings. The zero-order valence-corrected chi connectivity index (χ0v) is 12.3. The summed E-state index contributed by atoms with van der Waals surface area (Å²) >= 11 is 0. The molecule has 3 rings (SSSR count). The lowest BCUT2D eigenvalue weighted by Crippen LogP contribution is -2.56. The van der Waals surface area contributed by atoms with Gasteiger partial charge in [-0.2, -0.15) is 0 Å². The lowest BCUT2D eigenvalue weighted by atomic mass is 9.61. The maximum Gasteiger partial charge on any atom is 0.0550 e. The van der Waals surface area contributed by atoms with Crippen LogP contribution in [-0.4, -0.2) is 69.3 Å². The van der Waals surface area contributed by atoms with Crippen molar-refractivity contribution in [3.63, 3.8) is 0 Å². The van der Waals surface area contributed by atoms with E-state index in [1.807, 2.05) is 0 Å². The Kier molecular flexibility index (Phi) is 4.13. The zero-order valence-electron chi connectivity index (χ0n) is 12.3. The number of hydrogen-bond donors (Lipinski definition) is 1. The van der Waals surface area contributed by atoms with Crippen LogP contribution in [0.3, 0.4) is 0 Å². The Morgan fingerprint density at radius 1 is 1.11 bits per heavy atom. The minimum atomic E-state index is 0.513. The maximum absolute atomic E-state index is 5.66. The van der Waals surface area contributed by atoms with E-state index in [1.54, 1.807) is 0 Å². The van der Waals surface area contributed by atoms with Crippen molar-refractivity contribution in [1.29, 1.82) is 0 Å². The molecule has 1 unspecified atom stereocenters. The van der Waals surface area contributed by atoms with Crippen molar-refractivity contribution in [2.75, 3.05) is 59.5 Å². The van der Waals surface area contributed by atoms with Crippen molar-refractivity contribution >= 4 is 0 Å². The van der Waals surface area contributed by atoms with E-state index in [-0.39, 0.29) is 0 Å². The highest BCUT2D eigenvalue weighted by Crippen LogP contribution is 2.49. The summed E-state index contributed by atoms with van der Waals surface area (Å²) in [7, 11) is 2.26. The molecule has 0 saturated carbocycles. The molecule has 0 spiro atoms. The molecule has 0 aromatic rings. The molecule has 0 amide bonds. The van der Waals surface area contributed by atoms with Crippen molar-refractivity contribution in [2.45, 2.75) is 19.3 Å². The van der Waals surface area contributed by atoms with E-state index in [9.17, 15) is 0 Å². The van der Waals surface area contributed by atoms with Crippen molar-refractivity contribution in [2.24, 2.45) is 23.0 Å². The first-order chi connectivity index (χ1) is 9.24. The molecule has 0 aromatic heterocycles. The molecular weight excluding hydrogens is 238 g/mol. The first-order valence-corrected chi connectivity index (χ1v) is 7.93. The van der Waals surface area contributed by atoms with Crippen molar-refractivity contribution in [3.05, 3.63) is 0 Å². The first kappa shape index (κ1) is 13.8. The van der Waals surface area contributed by atoms with Gasteiger partial charge in [0.25, 0.3) is 0 Å². The van der Waals surface area contributed by atoms with Gasteiger partial charge in [-0.3, -0.25) is 0 Å². The Balaban J connectivity index is 1.60. The standard InChI is InChI=1S/C15H29N3O/c1-17-6-2-14(10-17)15(11-19-12-15)13-3-7-18(8-4-13)9-5-16/h13-14H,2-12,16H2,1H3. The summed E-state index contributed by atoms with van der Waals surface area (Å²) in [5.41, 5.74) is 6.18. The molecule has 3 aliphatic rings. The summed E-state index contributed by atoms with van der Waals surface area (Å²) in [5, 5.41) is 0. The van der Waals surface area contributed by atoms with Gasteiger partial charge in [0.05, 0.1) is 13.2 Å². The fraction of sp³-hybridized carbons (Fsp3) is 1.00. The molecule has 4 nitrogen and oxygen atoms in total. The molecule has 3 heterocycles. The smallest absolute Gasteiger partial charge is 0.0550 e. The highest BCUT2D eigenvalue weighted by atomic mass is 16.5. The molecule has 19 heavy (non-hydrogen) atoms. The largest absolute Gasteiger partial charge is 0.380 e. The summed E-state index contributed by atoms with van der Waals surface area (Å²) < 4.78 is 5.66. The highest BCUT2D eigenvalue weighted by Gasteiger charge is 2.52. The van der Waals surface area contributed by atoms with Crippen molar-refractivity contribution < 1.29 is 4.74 Å². The van der Waals surface area contributed by atoms with Crippen LogP contribution in [0.1, 0.15) is 19.3 Å². The molecule has 0 radical (unpaired) electrons. The Hall–Kier alpha value is -0.160. The second-order valence-corrected chi connectivity index (χ2v) is 6.88. The first-order valence-electron chi connectivity index (χ1n) is 7.93. The van der Waals surface area contributed by atoms with Crippen LogP contribution in [0.25, 0.3) is 0 Å². The summed E-state index contributed by atoms with van der Waals surface area (Å²) in [6, 6.07) is 0. The van der Waals surface area contributed by atoms with Crippen LogP contribution in [0, 0.1) is 17.3 Å². The van der Waals surface area contributed by atoms with Crippen LogP contribution in [0.5, 0.6) is 0 Å². The number of likely N-dealkylation sites (tertiary alicyclic amines) is 2. The van der Waals surface area contributed by atoms with Gasteiger partial charge in [0.15, 0.2) is 0 Å². The number of nitrogens with two attached hydrogens (primary N) is 1. The second-order valence-electron chi connectivity index (χ2n) is 6.88. The van der Waals surface area contributed by atoms with Gasteiger partial charge in [0.2, 0.25) is 0 Å². The van der Waals surface area contributed by atoms with Crippen molar-refractivity contribution in [3.8, 4) is 0 Å². The van der Waals surface area contributed by atoms with Gasteiger partial charge in [0, 0.05) is 25.0 Å². The molecule has 110 valence electrons. The Labute approximate surface area is 117 Å². The highest BCUT2D eigenvalue weighted by molar-refractivity contribution is 5.01. The summed E-state index contributed by atoms with van der Waals surface area (Å²) in [4.78, 5) is 5.03. The van der Waals surface area contributed by atoms with Gasteiger partial charge in [0.1, 0.15) is 0 Å². The lowest BCUT2D eigenvalue weighted by Gasteiger charge is -2.53. The van der Waals surface area contributed by atoms with Crippen LogP contribution >= 0.6 is 0 Å². The average Bonchev–Trinajstić information content (AvgIpc) is 2.77. The fourth-order valence-corrected chi connectivity index (χ4v) is 4.46. The number of nitrogens with zero attached hydrogens (tertiary/aromatic N) is 2. The van der Waals surface area contributed by atoms with E-state index < -0.39 is 0 Å². The lowest BCUT2D eigenvalue weighted by molar-refractivity contribution is -0.184. The van der Waals surface area contributed by atoms with E-state index >= 15 is 0 Å². The van der Waals surface area contributed by atoms with Gasteiger partial charge in [-0.05, 0) is 57.8 Å². The molecule has 3 aliphatic heterocycles. The third-order valence-electron chi connectivity index (χ3n) is 5.79. The minimum absolute atomic E-state index is 0.513. The Morgan fingerprint density at radius 3 is 2.26 bits per heavy atom. The number of rotatable bonds is 4. The van der Waals surface area contributed by atoms with E-state index in [2.05, 4.69) is 16.8 Å². The molecule has 0 aromatic carbocycles. The quantitative estimate of drug-likeness (QED) is 0.811. The number of hydrogen-bond acceptors (Lipinski definition) is 4. The molecule has 3 saturated heterocycles. The number of piperidine rings is 1. The van der Waals surface area contributed by atoms with Gasteiger partial charge in [-0.1, -0.05) is 0 Å². The second kappa shape index (κ2) is 5.68. The van der Waals surface area contributed by atoms with E-state index in [0.717, 1.165) is 38.1 Å². The molecular formula is C15H29N3O. The molecule has 1 atom stereocenters. The van der Waals surface area contributed by atoms with Crippen molar-refractivity contribution in [1.82, 2.24) is 9.80 Å². The van der Waals surface area contributed by atoms with E-state index in [4.69, 9.17) is 10.5 Å². The van der Waals surface area contributed by atoms with Gasteiger partial charge < -0.3 is 20.3 Å². The average molecular weight is 267 g/mol. The van der Waals surface area contributed by atoms with Gasteiger partial charge in [-0.15, -0.1) is 0 Å². The van der Waals surface area contributed by atoms with Gasteiger partial charge in [-0.25, -0.2) is 0 Å². The summed E-state index contributed by atoms with van der Waals surface area (Å²) in [6.07, 6.45) is 4.08. The van der Waals surface area contributed by atoms with Crippen LogP contribution in [0.4, 0.5) is 0 Å². The minimum Gasteiger partial charge on any atom is -0.380 e. The molecule has 0 bridgehead atoms. The monoisotopic (exact) mass is 267 g/mol. The predicted octanol–water partition coefficient (Wildman–Crippen LogP) is 0.625. The zero-order chi connectivity index (χ0) is 13.3. The molecule has 2 N–H and O–H groups in total. The van der Waals surface area contributed by atoms with E-state index in [0.29, 0.717) is 5.41 Å². The van der Waals surface area contributed by atoms with Gasteiger partial charge >= 0.3 is 0 Å². The third-order valence-corrected chi connectivity index (χ3v) is 5.79. The summed E-state index contributed by atoms with van der Waals surface area (Å²) in [5.74, 6) is 1.75. The fourth-order valence-electron chi connectivity index (χ4n) is 4.46. The summed E-state index contributed by atoms with van der Waals surface area (Å²) in [6.45, 7) is 8.96. The van der Waals surface area contributed by atoms with Crippen LogP contribution in [0.15, 0.2) is 0 Å². The Morgan fingerprint density at radius 2 is 1.79 bits per heavy atom. The normalized spacial score (nSPS) is 33.5. The molecule has 4 heteroatoms. The Bertz CT molecular complexity index is 298. The topological polar surface area (TPSA) is 41.7 Å². The van der Waals surface area contributed by atoms with Crippen LogP contribution < -0.4 is 5.73 Å². The molecule has 0 aliphatic carbocycles. The van der Waals surface area contributed by atoms with Crippen LogP contribution in [-0.2, 0) is 4.74 Å². The third kappa shape index (κ3) is 2.56. The predicted molar refractivity (Wildman–Crippen MR) is 77.1 cm³/mol.